The van der Waals surface area contributed by atoms with Crippen LogP contribution in [-0.4, -0.2) is 140 Å². The van der Waals surface area contributed by atoms with Crippen LogP contribution in [0.5, 0.6) is 11.5 Å². The molecule has 101 heavy (non-hydrogen) atoms. The van der Waals surface area contributed by atoms with Crippen molar-refractivity contribution in [3.63, 3.8) is 0 Å². The molecule has 27 heteroatoms. The van der Waals surface area contributed by atoms with Gasteiger partial charge in [0.05, 0.1) is 27.4 Å². The van der Waals surface area contributed by atoms with E-state index in [4.69, 9.17) is 72.6 Å². The number of ketones is 1. The van der Waals surface area contributed by atoms with Crippen LogP contribution >= 0.6 is 58.0 Å². The van der Waals surface area contributed by atoms with Gasteiger partial charge in [0.15, 0.2) is 17.6 Å². The molecule has 2 heterocycles. The highest BCUT2D eigenvalue weighted by Crippen LogP contribution is 2.43. The molecule has 6 unspecified atom stereocenters. The van der Waals surface area contributed by atoms with Crippen LogP contribution in [0, 0.1) is 29.6 Å². The van der Waals surface area contributed by atoms with Gasteiger partial charge in [-0.05, 0) is 224 Å². The number of carbonyl (C=O) groups is 6. The van der Waals surface area contributed by atoms with Crippen molar-refractivity contribution in [2.45, 2.75) is 120 Å². The molecule has 6 aromatic rings. The predicted molar refractivity (Wildman–Crippen MR) is 368 cm³/mol. The number of Topliss-reactive ketones (excluding diaryl/α,β-unsaturated/α-hetero) is 1. The van der Waals surface area contributed by atoms with Gasteiger partial charge in [-0.1, -0.05) is 102 Å². The normalized spacial score (nSPS) is 19.8. The summed E-state index contributed by atoms with van der Waals surface area (Å²) in [5.41, 5.74) is 9.50. The number of rotatable bonds is 15. The van der Waals surface area contributed by atoms with Crippen molar-refractivity contribution in [1.82, 2.24) is 10.2 Å². The molecule has 4 N–H and O–H groups in total. The first-order valence-corrected chi connectivity index (χ1v) is 34.1. The molecule has 13 rings (SSSR count). The molecule has 1 saturated heterocycles. The summed E-state index contributed by atoms with van der Waals surface area (Å²) in [6.07, 6.45) is 2.97. The maximum atomic E-state index is 15.4. The molecule has 5 aliphatic carbocycles. The number of fused-ring (bicyclic) bond motifs is 6. The number of likely N-dealkylation sites (tertiary alicyclic amines) is 1. The van der Waals surface area contributed by atoms with Crippen molar-refractivity contribution < 1.29 is 94.1 Å². The van der Waals surface area contributed by atoms with Crippen LogP contribution in [0.1, 0.15) is 87.6 Å². The largest absolute Gasteiger partial charge is 0.486 e. The lowest BCUT2D eigenvalue weighted by atomic mass is 9.95. The first-order chi connectivity index (χ1) is 47.4. The molecule has 0 aromatic heterocycles. The number of methoxy groups -OCH3 is 3. The van der Waals surface area contributed by atoms with E-state index in [2.05, 4.69) is 24.4 Å². The molecule has 0 spiro atoms. The summed E-state index contributed by atoms with van der Waals surface area (Å²) in [5, 5.41) is 34.7. The third kappa shape index (κ3) is 19.4. The smallest absolute Gasteiger partial charge is 0.377 e. The first kappa shape index (κ1) is 79.6. The second-order valence-corrected chi connectivity index (χ2v) is 27.8. The highest BCUT2D eigenvalue weighted by atomic mass is 35.5. The van der Waals surface area contributed by atoms with Gasteiger partial charge in [0.1, 0.15) is 19.3 Å². The van der Waals surface area contributed by atoms with Gasteiger partial charge in [-0.2, -0.15) is 26.3 Å². The van der Waals surface area contributed by atoms with E-state index in [0.717, 1.165) is 88.7 Å². The quantitative estimate of drug-likeness (QED) is 0.0325. The third-order valence-corrected chi connectivity index (χ3v) is 20.2. The number of amides is 1. The number of ether oxygens (including phenoxy) is 5. The third-order valence-electron chi connectivity index (χ3n) is 19.0. The Bertz CT molecular complexity index is 4010. The Labute approximate surface area is 605 Å². The van der Waals surface area contributed by atoms with Gasteiger partial charge in [0, 0.05) is 61.2 Å². The Morgan fingerprint density at radius 2 is 0.911 bits per heavy atom. The fourth-order valence-electron chi connectivity index (χ4n) is 13.6. The molecule has 0 bridgehead atoms. The lowest BCUT2D eigenvalue weighted by molar-refractivity contribution is -0.176. The Morgan fingerprint density at radius 1 is 0.515 bits per heavy atom. The number of aliphatic hydroxyl groups excluding tert-OH is 2. The number of nitrogens with one attached hydrogen (secondary N) is 1. The highest BCUT2D eigenvalue weighted by Gasteiger charge is 2.52. The minimum atomic E-state index is -3.68. The fraction of sp³-hybridized carbons (Fsp3) is 0.432. The molecule has 7 aliphatic rings. The molecule has 16 nitrogen and oxygen atoms in total. The van der Waals surface area contributed by atoms with Gasteiger partial charge in [-0.25, -0.2) is 19.2 Å². The maximum absolute atomic E-state index is 15.4. The summed E-state index contributed by atoms with van der Waals surface area (Å²) in [4.78, 5) is 70.5. The average molecular weight is 1510 g/mol. The minimum absolute atomic E-state index is 0. The van der Waals surface area contributed by atoms with Crippen LogP contribution in [0.25, 0.3) is 0 Å². The van der Waals surface area contributed by atoms with Crippen molar-refractivity contribution in [1.29, 1.82) is 0 Å². The summed E-state index contributed by atoms with van der Waals surface area (Å²) < 4.78 is 109. The van der Waals surface area contributed by atoms with Gasteiger partial charge < -0.3 is 49.2 Å². The number of carboxylic acid groups (broad SMARTS) is 1. The number of alkyl halides is 6. The SMILES string of the molecule is C.COC(=O)C(=O)C1Cc2ccc(Cl)cc2C1.COC(=O)C(F)(F)C1Cc2ccc(Cl)cc2C1.COC(=O)C(O)C1Cc2ccc(Cl)cc2C1.O=C(N[C@H](CN1CCCC1)[C@H](O)c1ccc2c(c1)OCCO2)C(F)(F)C1Cc2ccc(Cl)cc2C1.O=C(O)C(F)(F)C1Cc2ccc(Cl)cc2C1. The zero-order chi connectivity index (χ0) is 72.5. The van der Waals surface area contributed by atoms with Crippen molar-refractivity contribution in [3.8, 4) is 11.5 Å². The summed E-state index contributed by atoms with van der Waals surface area (Å²) in [6, 6.07) is 30.4. The van der Waals surface area contributed by atoms with Crippen LogP contribution in [-0.2, 0) is 107 Å². The number of nitrogens with zero attached hydrogens (tertiary/aromatic N) is 1. The van der Waals surface area contributed by atoms with Crippen molar-refractivity contribution >= 4 is 93.6 Å². The minimum Gasteiger partial charge on any atom is -0.486 e. The number of carbonyl (C=O) groups excluding carboxylic acids is 5. The summed E-state index contributed by atoms with van der Waals surface area (Å²) >= 11 is 29.3. The zero-order valence-corrected chi connectivity index (χ0v) is 58.2. The second kappa shape index (κ2) is 34.4. The molecule has 2 aliphatic heterocycles. The Morgan fingerprint density at radius 3 is 1.37 bits per heavy atom. The van der Waals surface area contributed by atoms with E-state index >= 15 is 8.78 Å². The Hall–Kier alpha value is -7.15. The number of halogens is 11. The summed E-state index contributed by atoms with van der Waals surface area (Å²) in [6.45, 7) is 2.71. The fourth-order valence-corrected chi connectivity index (χ4v) is 14.6. The van der Waals surface area contributed by atoms with Gasteiger partial charge in [-0.3, -0.25) is 9.59 Å². The number of esters is 3. The van der Waals surface area contributed by atoms with Crippen molar-refractivity contribution in [2.24, 2.45) is 29.6 Å². The monoisotopic (exact) mass is 1510 g/mol. The molecular formula is C74H77Cl5F6N2O14. The van der Waals surface area contributed by atoms with E-state index in [-0.39, 0.29) is 64.3 Å². The lowest BCUT2D eigenvalue weighted by Crippen LogP contribution is -2.54. The predicted octanol–water partition coefficient (Wildman–Crippen LogP) is 13.4. The van der Waals surface area contributed by atoms with Gasteiger partial charge in [0.25, 0.3) is 5.91 Å². The summed E-state index contributed by atoms with van der Waals surface area (Å²) in [5.74, 6) is -20.1. The Kier molecular flexibility index (Phi) is 27.1. The Balaban J connectivity index is 0.000000169. The molecule has 8 atom stereocenters. The number of hydrogen-bond donors (Lipinski definition) is 4. The standard InChI is InChI=1S/C26H29ClF2N2O4.C12H11ClF2O2.C12H13ClO3.C12H11ClO3.C11H9ClF2O2.CH4/c27-20-5-3-16-11-19(12-18(16)13-20)26(28,29)25(33)30-21(15-31-7-1-2-8-31)24(32)17-4-6-22-23(14-17)35-10-9-34-22;1-17-11(16)12(14,15)9-4-7-2-3-10(13)6-8(7)5-9;2*1-16-12(15)11(14)9-4-7-2-3-10(13)6-8(7)5-9;12-9-2-1-6-3-8(4-7(6)5-9)11(13,14)10(15)16;/h3-6,13-14,19,21,24,32H,1-2,7-12,15H2,(H,30,33);2-3,6,9H,4-5H2,1H3;2-3,6,9,11,14H,4-5H2,1H3;2-3,6,9H,4-5H2,1H3;1-2,5,8H,3-4H2,(H,15,16);1H4/t19?,21-,24-;;;;;/m1...../s1. The molecular weight excluding hydrogens is 1430 g/mol. The van der Waals surface area contributed by atoms with Gasteiger partial charge in [-0.15, -0.1) is 0 Å². The molecule has 1 amide bonds. The van der Waals surface area contributed by atoms with Crippen molar-refractivity contribution in [2.75, 3.05) is 54.2 Å². The van der Waals surface area contributed by atoms with Gasteiger partial charge >= 0.3 is 41.6 Å². The zero-order valence-electron chi connectivity index (χ0n) is 54.5. The van der Waals surface area contributed by atoms with Crippen LogP contribution in [0.15, 0.2) is 109 Å². The molecule has 6 aromatic carbocycles. The van der Waals surface area contributed by atoms with Crippen LogP contribution < -0.4 is 14.8 Å². The number of aliphatic carboxylic acids is 1. The topological polar surface area (TPSA) is 225 Å². The van der Waals surface area contributed by atoms with Crippen LogP contribution in [0.3, 0.4) is 0 Å². The van der Waals surface area contributed by atoms with Gasteiger partial charge in [0.2, 0.25) is 5.78 Å². The molecule has 544 valence electrons. The van der Waals surface area contributed by atoms with E-state index in [0.29, 0.717) is 81.1 Å². The molecule has 1 fully saturated rings. The lowest BCUT2D eigenvalue weighted by Gasteiger charge is -2.31. The second-order valence-electron chi connectivity index (χ2n) is 25.6. The van der Waals surface area contributed by atoms with E-state index in [1.54, 1.807) is 78.9 Å². The van der Waals surface area contributed by atoms with Crippen LogP contribution in [0.4, 0.5) is 26.3 Å². The van der Waals surface area contributed by atoms with Crippen LogP contribution in [0.2, 0.25) is 25.1 Å². The van der Waals surface area contributed by atoms with E-state index in [9.17, 15) is 56.5 Å². The van der Waals surface area contributed by atoms with E-state index in [1.807, 2.05) is 30.3 Å². The van der Waals surface area contributed by atoms with Crippen molar-refractivity contribution in [3.05, 3.63) is 196 Å². The number of benzene rings is 6. The highest BCUT2D eigenvalue weighted by molar-refractivity contribution is 6.35. The molecule has 0 radical (unpaired) electrons. The average Bonchev–Trinajstić information content (AvgIpc) is 1.73. The number of carboxylic acids is 1. The molecule has 0 saturated carbocycles. The first-order valence-electron chi connectivity index (χ1n) is 32.2. The summed E-state index contributed by atoms with van der Waals surface area (Å²) in [7, 11) is 3.47. The number of aliphatic hydroxyl groups is 2. The number of hydrogen-bond acceptors (Lipinski definition) is 14. The van der Waals surface area contributed by atoms with E-state index in [1.165, 1.54) is 14.2 Å². The maximum Gasteiger partial charge on any atom is 0.377 e. The van der Waals surface area contributed by atoms with E-state index < -0.39 is 89.3 Å².